The molecule has 3 N–H and O–H groups in total. The van der Waals surface area contributed by atoms with Crippen LogP contribution in [-0.2, 0) is 18.8 Å². The summed E-state index contributed by atoms with van der Waals surface area (Å²) in [5.41, 5.74) is 2.06. The van der Waals surface area contributed by atoms with Crippen LogP contribution in [-0.4, -0.2) is 91.3 Å². The number of aliphatic carboxylic acids is 1. The first-order chi connectivity index (χ1) is 21.6. The maximum atomic E-state index is 13.9. The molecule has 3 atom stereocenters. The van der Waals surface area contributed by atoms with Crippen LogP contribution in [0.15, 0.2) is 71.2 Å². The number of carbonyl (C=O) groups is 3. The number of hydrogen-bond acceptors (Lipinski definition) is 7. The number of alkyl carbamates (subject to hydrolysis) is 1. The number of halogens is 1. The standard InChI is InChI=1S/C34H47BrN4O6Si/c1-33(2,3)44-32(43)36-29(30(40)39-19-13-18-28(37-39)31(41)42)23-38-21-24(35)20-25(22-38)45-46(34(4,5)6,26-14-9-7-10-15-26)27-16-11-8-12-17-27/h7-12,14-17,20,25,28-29,37H,13,18-19,21-23H2,1-6H3,(H,36,43)(H,41,42)/t25?,28-,29?/m0/s1. The maximum Gasteiger partial charge on any atom is 0.408 e. The molecule has 2 heterocycles. The van der Waals surface area contributed by atoms with E-state index < -0.39 is 44.0 Å². The second-order valence-electron chi connectivity index (χ2n) is 14.0. The summed E-state index contributed by atoms with van der Waals surface area (Å²) < 4.78 is 13.8. The Hall–Kier alpha value is -3.03. The Balaban J connectivity index is 1.63. The van der Waals surface area contributed by atoms with Gasteiger partial charge in [0.1, 0.15) is 17.7 Å². The monoisotopic (exact) mass is 714 g/mol. The molecule has 4 rings (SSSR count). The van der Waals surface area contributed by atoms with Gasteiger partial charge < -0.3 is 19.6 Å². The quantitative estimate of drug-likeness (QED) is 0.334. The topological polar surface area (TPSA) is 120 Å². The van der Waals surface area contributed by atoms with Crippen molar-refractivity contribution in [2.24, 2.45) is 0 Å². The fourth-order valence-electron chi connectivity index (χ4n) is 6.17. The summed E-state index contributed by atoms with van der Waals surface area (Å²) in [6.07, 6.45) is 1.99. The summed E-state index contributed by atoms with van der Waals surface area (Å²) in [6, 6.07) is 19.0. The Bertz CT molecular complexity index is 1360. The highest BCUT2D eigenvalue weighted by Crippen LogP contribution is 2.38. The second kappa shape index (κ2) is 14.8. The molecule has 0 bridgehead atoms. The number of amides is 2. The van der Waals surface area contributed by atoms with Crippen molar-refractivity contribution in [1.29, 1.82) is 0 Å². The van der Waals surface area contributed by atoms with Crippen molar-refractivity contribution in [1.82, 2.24) is 20.7 Å². The van der Waals surface area contributed by atoms with E-state index in [1.54, 1.807) is 20.8 Å². The fraction of sp³-hybridized carbons (Fsp3) is 0.500. The van der Waals surface area contributed by atoms with Gasteiger partial charge in [-0.15, -0.1) is 0 Å². The van der Waals surface area contributed by atoms with Gasteiger partial charge in [-0.2, -0.15) is 0 Å². The molecule has 1 fully saturated rings. The average Bonchev–Trinajstić information content (AvgIpc) is 2.98. The van der Waals surface area contributed by atoms with Crippen molar-refractivity contribution in [3.63, 3.8) is 0 Å². The zero-order valence-electron chi connectivity index (χ0n) is 27.6. The molecule has 2 aromatic rings. The number of carboxylic acid groups (broad SMARTS) is 1. The third-order valence-corrected chi connectivity index (χ3v) is 13.7. The molecule has 2 amide bonds. The molecule has 0 saturated carbocycles. The molecule has 0 spiro atoms. The van der Waals surface area contributed by atoms with Gasteiger partial charge in [0.05, 0.1) is 6.10 Å². The minimum Gasteiger partial charge on any atom is -0.480 e. The van der Waals surface area contributed by atoms with Crippen molar-refractivity contribution in [2.45, 2.75) is 83.2 Å². The van der Waals surface area contributed by atoms with Crippen LogP contribution in [0.3, 0.4) is 0 Å². The normalized spacial score (nSPS) is 20.4. The third-order valence-electron chi connectivity index (χ3n) is 8.10. The lowest BCUT2D eigenvalue weighted by Crippen LogP contribution is -2.68. The lowest BCUT2D eigenvalue weighted by Gasteiger charge is -2.46. The first-order valence-electron chi connectivity index (χ1n) is 15.8. The fourth-order valence-corrected chi connectivity index (χ4v) is 11.4. The highest BCUT2D eigenvalue weighted by Gasteiger charge is 2.51. The van der Waals surface area contributed by atoms with Gasteiger partial charge in [-0.25, -0.2) is 10.2 Å². The van der Waals surface area contributed by atoms with Crippen LogP contribution in [0, 0.1) is 0 Å². The van der Waals surface area contributed by atoms with Gasteiger partial charge in [-0.05, 0) is 55.1 Å². The van der Waals surface area contributed by atoms with Crippen LogP contribution in [0.1, 0.15) is 54.4 Å². The predicted octanol–water partition coefficient (Wildman–Crippen LogP) is 4.00. The number of rotatable bonds is 9. The maximum absolute atomic E-state index is 13.9. The van der Waals surface area contributed by atoms with Crippen LogP contribution in [0.2, 0.25) is 5.04 Å². The molecule has 0 aliphatic carbocycles. The van der Waals surface area contributed by atoms with E-state index in [2.05, 4.69) is 107 Å². The molecule has 46 heavy (non-hydrogen) atoms. The van der Waals surface area contributed by atoms with Gasteiger partial charge in [0, 0.05) is 30.7 Å². The van der Waals surface area contributed by atoms with E-state index in [0.717, 1.165) is 4.48 Å². The molecule has 0 aromatic heterocycles. The molecule has 2 aromatic carbocycles. The van der Waals surface area contributed by atoms with E-state index in [9.17, 15) is 19.5 Å². The molecule has 1 saturated heterocycles. The number of nitrogens with zero attached hydrogens (tertiary/aromatic N) is 2. The summed E-state index contributed by atoms with van der Waals surface area (Å²) >= 11 is 3.73. The number of hydrogen-bond donors (Lipinski definition) is 3. The SMILES string of the molecule is CC(C)(C)OC(=O)NC(CN1CC(Br)=CC(O[Si](c2ccccc2)(c2ccccc2)C(C)(C)C)C1)C(=O)N1CCC[C@@H](C(=O)O)N1. The van der Waals surface area contributed by atoms with Gasteiger partial charge in [0.15, 0.2) is 0 Å². The first-order valence-corrected chi connectivity index (χ1v) is 18.5. The average molecular weight is 716 g/mol. The Kier molecular flexibility index (Phi) is 11.5. The van der Waals surface area contributed by atoms with Crippen molar-refractivity contribution in [2.75, 3.05) is 26.2 Å². The number of nitrogens with one attached hydrogen (secondary N) is 2. The van der Waals surface area contributed by atoms with E-state index in [4.69, 9.17) is 9.16 Å². The van der Waals surface area contributed by atoms with E-state index >= 15 is 0 Å². The lowest BCUT2D eigenvalue weighted by molar-refractivity contribution is -0.148. The van der Waals surface area contributed by atoms with Crippen molar-refractivity contribution < 1.29 is 28.7 Å². The largest absolute Gasteiger partial charge is 0.480 e. The number of benzene rings is 2. The molecule has 0 radical (unpaired) electrons. The van der Waals surface area contributed by atoms with Crippen molar-refractivity contribution in [3.05, 3.63) is 71.2 Å². The van der Waals surface area contributed by atoms with Crippen LogP contribution >= 0.6 is 15.9 Å². The van der Waals surface area contributed by atoms with Gasteiger partial charge >= 0.3 is 12.1 Å². The van der Waals surface area contributed by atoms with E-state index in [1.165, 1.54) is 15.4 Å². The molecule has 2 unspecified atom stereocenters. The second-order valence-corrected chi connectivity index (χ2v) is 19.2. The Morgan fingerprint density at radius 3 is 2.13 bits per heavy atom. The number of carboxylic acids is 1. The van der Waals surface area contributed by atoms with E-state index in [-0.39, 0.29) is 17.7 Å². The number of carbonyl (C=O) groups excluding carboxylic acids is 2. The summed E-state index contributed by atoms with van der Waals surface area (Å²) in [7, 11) is -2.88. The van der Waals surface area contributed by atoms with Crippen LogP contribution in [0.25, 0.3) is 0 Å². The zero-order chi connectivity index (χ0) is 33.7. The lowest BCUT2D eigenvalue weighted by atomic mass is 10.1. The zero-order valence-corrected chi connectivity index (χ0v) is 30.2. The van der Waals surface area contributed by atoms with Gasteiger partial charge in [0.2, 0.25) is 0 Å². The van der Waals surface area contributed by atoms with Crippen LogP contribution < -0.4 is 21.1 Å². The van der Waals surface area contributed by atoms with Gasteiger partial charge in [-0.1, -0.05) is 97.4 Å². The molecular formula is C34H47BrN4O6Si. The van der Waals surface area contributed by atoms with Crippen molar-refractivity contribution in [3.8, 4) is 0 Å². The predicted molar refractivity (Wildman–Crippen MR) is 185 cm³/mol. The third kappa shape index (κ3) is 8.85. The summed E-state index contributed by atoms with van der Waals surface area (Å²) in [5, 5.41) is 15.8. The Labute approximate surface area is 281 Å². The molecule has 2 aliphatic rings. The Morgan fingerprint density at radius 2 is 1.61 bits per heavy atom. The molecule has 2 aliphatic heterocycles. The molecule has 250 valence electrons. The van der Waals surface area contributed by atoms with Crippen LogP contribution in [0.5, 0.6) is 0 Å². The van der Waals surface area contributed by atoms with Crippen molar-refractivity contribution >= 4 is 52.6 Å². The van der Waals surface area contributed by atoms with E-state index in [0.29, 0.717) is 32.5 Å². The van der Waals surface area contributed by atoms with Gasteiger partial charge in [0.25, 0.3) is 14.2 Å². The minimum atomic E-state index is -2.88. The Morgan fingerprint density at radius 1 is 1.02 bits per heavy atom. The first kappa shape index (κ1) is 35.8. The summed E-state index contributed by atoms with van der Waals surface area (Å²) in [5.74, 6) is -1.45. The van der Waals surface area contributed by atoms with Crippen LogP contribution in [0.4, 0.5) is 4.79 Å². The molecule has 10 nitrogen and oxygen atoms in total. The minimum absolute atomic E-state index is 0.164. The highest BCUT2D eigenvalue weighted by molar-refractivity contribution is 9.11. The van der Waals surface area contributed by atoms with E-state index in [1.807, 2.05) is 12.1 Å². The number of hydrazine groups is 1. The van der Waals surface area contributed by atoms with Gasteiger partial charge in [-0.3, -0.25) is 19.5 Å². The smallest absolute Gasteiger partial charge is 0.408 e. The molecular weight excluding hydrogens is 668 g/mol. The summed E-state index contributed by atoms with van der Waals surface area (Å²) in [6.45, 7) is 13.4. The highest BCUT2D eigenvalue weighted by atomic mass is 79.9. The number of ether oxygens (including phenoxy) is 1. The summed E-state index contributed by atoms with van der Waals surface area (Å²) in [4.78, 5) is 40.6. The molecule has 12 heteroatoms.